The van der Waals surface area contributed by atoms with Crippen LogP contribution in [0.5, 0.6) is 0 Å². The van der Waals surface area contributed by atoms with Gasteiger partial charge in [-0.15, -0.1) is 0 Å². The van der Waals surface area contributed by atoms with Gasteiger partial charge in [0, 0.05) is 12.6 Å². The van der Waals surface area contributed by atoms with E-state index in [0.29, 0.717) is 12.0 Å². The molecule has 0 heterocycles. The van der Waals surface area contributed by atoms with E-state index in [2.05, 4.69) is 32.7 Å². The standard InChI is InChI=1S/C14H29NO/c1-5-11(2)14(16)10-15(4)13-9-7-6-8-12(13)3/h11-14,16H,5-10H2,1-4H3. The summed E-state index contributed by atoms with van der Waals surface area (Å²) in [5.41, 5.74) is 0. The van der Waals surface area contributed by atoms with Crippen LogP contribution in [0.25, 0.3) is 0 Å². The molecule has 0 aromatic heterocycles. The zero-order chi connectivity index (χ0) is 12.1. The fourth-order valence-electron chi connectivity index (χ4n) is 2.83. The van der Waals surface area contributed by atoms with Gasteiger partial charge in [0.1, 0.15) is 0 Å². The van der Waals surface area contributed by atoms with Gasteiger partial charge < -0.3 is 10.0 Å². The maximum atomic E-state index is 10.1. The van der Waals surface area contributed by atoms with Crippen molar-refractivity contribution in [1.29, 1.82) is 0 Å². The van der Waals surface area contributed by atoms with Crippen LogP contribution >= 0.6 is 0 Å². The third-order valence-electron chi connectivity index (χ3n) is 4.41. The van der Waals surface area contributed by atoms with Crippen molar-refractivity contribution in [2.75, 3.05) is 13.6 Å². The lowest BCUT2D eigenvalue weighted by molar-refractivity contribution is 0.0421. The van der Waals surface area contributed by atoms with E-state index in [1.165, 1.54) is 25.7 Å². The highest BCUT2D eigenvalue weighted by molar-refractivity contribution is 4.81. The van der Waals surface area contributed by atoms with Gasteiger partial charge in [0.15, 0.2) is 0 Å². The lowest BCUT2D eigenvalue weighted by Gasteiger charge is -2.38. The number of nitrogens with zero attached hydrogens (tertiary/aromatic N) is 1. The molecule has 0 aromatic rings. The quantitative estimate of drug-likeness (QED) is 0.780. The molecule has 4 unspecified atom stereocenters. The first-order valence-corrected chi connectivity index (χ1v) is 6.94. The van der Waals surface area contributed by atoms with Crippen LogP contribution in [0.3, 0.4) is 0 Å². The van der Waals surface area contributed by atoms with Gasteiger partial charge in [0.05, 0.1) is 6.10 Å². The van der Waals surface area contributed by atoms with Crippen LogP contribution in [0.1, 0.15) is 52.9 Å². The summed E-state index contributed by atoms with van der Waals surface area (Å²) in [6.45, 7) is 7.49. The van der Waals surface area contributed by atoms with Gasteiger partial charge in [0.25, 0.3) is 0 Å². The molecule has 0 aromatic carbocycles. The Morgan fingerprint density at radius 3 is 2.50 bits per heavy atom. The second kappa shape index (κ2) is 6.61. The summed E-state index contributed by atoms with van der Waals surface area (Å²) in [6, 6.07) is 0.687. The zero-order valence-corrected chi connectivity index (χ0v) is 11.4. The first-order valence-electron chi connectivity index (χ1n) is 6.94. The molecule has 0 amide bonds. The van der Waals surface area contributed by atoms with Gasteiger partial charge in [0.2, 0.25) is 0 Å². The number of aliphatic hydroxyl groups is 1. The SMILES string of the molecule is CCC(C)C(O)CN(C)C1CCCCC1C. The predicted molar refractivity (Wildman–Crippen MR) is 69.5 cm³/mol. The Balaban J connectivity index is 2.40. The Bertz CT molecular complexity index is 195. The summed E-state index contributed by atoms with van der Waals surface area (Å²) in [5.74, 6) is 1.21. The van der Waals surface area contributed by atoms with Crippen molar-refractivity contribution in [1.82, 2.24) is 4.90 Å². The molecule has 2 heteroatoms. The van der Waals surface area contributed by atoms with Crippen LogP contribution in [0, 0.1) is 11.8 Å². The molecule has 1 aliphatic rings. The molecule has 1 N–H and O–H groups in total. The number of hydrogen-bond donors (Lipinski definition) is 1. The largest absolute Gasteiger partial charge is 0.392 e. The average molecular weight is 227 g/mol. The Morgan fingerprint density at radius 1 is 1.31 bits per heavy atom. The Morgan fingerprint density at radius 2 is 1.94 bits per heavy atom. The molecule has 1 rings (SSSR count). The zero-order valence-electron chi connectivity index (χ0n) is 11.4. The second-order valence-corrected chi connectivity index (χ2v) is 5.72. The molecule has 0 aliphatic heterocycles. The van der Waals surface area contributed by atoms with Gasteiger partial charge in [-0.25, -0.2) is 0 Å². The molecule has 4 atom stereocenters. The fraction of sp³-hybridized carbons (Fsp3) is 1.00. The van der Waals surface area contributed by atoms with Crippen LogP contribution in [-0.4, -0.2) is 35.7 Å². The van der Waals surface area contributed by atoms with Gasteiger partial charge in [-0.05, 0) is 31.7 Å². The van der Waals surface area contributed by atoms with Crippen molar-refractivity contribution in [2.45, 2.75) is 65.0 Å². The predicted octanol–water partition coefficient (Wildman–Crippen LogP) is 2.90. The van der Waals surface area contributed by atoms with Crippen molar-refractivity contribution in [3.63, 3.8) is 0 Å². The number of aliphatic hydroxyl groups excluding tert-OH is 1. The minimum Gasteiger partial charge on any atom is -0.392 e. The van der Waals surface area contributed by atoms with Gasteiger partial charge >= 0.3 is 0 Å². The second-order valence-electron chi connectivity index (χ2n) is 5.72. The van der Waals surface area contributed by atoms with Crippen molar-refractivity contribution in [3.05, 3.63) is 0 Å². The van der Waals surface area contributed by atoms with E-state index < -0.39 is 0 Å². The van der Waals surface area contributed by atoms with Gasteiger partial charge in [-0.2, -0.15) is 0 Å². The monoisotopic (exact) mass is 227 g/mol. The van der Waals surface area contributed by atoms with E-state index in [1.54, 1.807) is 0 Å². The minimum absolute atomic E-state index is 0.163. The molecule has 96 valence electrons. The van der Waals surface area contributed by atoms with Crippen molar-refractivity contribution in [3.8, 4) is 0 Å². The highest BCUT2D eigenvalue weighted by Crippen LogP contribution is 2.27. The Hall–Kier alpha value is -0.0800. The number of rotatable bonds is 5. The Labute approximate surface area is 101 Å². The van der Waals surface area contributed by atoms with E-state index in [4.69, 9.17) is 0 Å². The first kappa shape index (κ1) is 14.0. The van der Waals surface area contributed by atoms with Crippen LogP contribution in [0.2, 0.25) is 0 Å². The van der Waals surface area contributed by atoms with E-state index in [0.717, 1.165) is 18.9 Å². The van der Waals surface area contributed by atoms with Crippen molar-refractivity contribution < 1.29 is 5.11 Å². The minimum atomic E-state index is -0.163. The summed E-state index contributed by atoms with van der Waals surface area (Å²) in [7, 11) is 2.18. The van der Waals surface area contributed by atoms with Crippen LogP contribution in [0.4, 0.5) is 0 Å². The molecule has 0 bridgehead atoms. The molecule has 1 aliphatic carbocycles. The molecule has 2 nitrogen and oxygen atoms in total. The van der Waals surface area contributed by atoms with Crippen molar-refractivity contribution >= 4 is 0 Å². The number of likely N-dealkylation sites (N-methyl/N-ethyl adjacent to an activating group) is 1. The molecule has 1 saturated carbocycles. The normalized spacial score (nSPS) is 30.4. The maximum absolute atomic E-state index is 10.1. The molecular weight excluding hydrogens is 198 g/mol. The van der Waals surface area contributed by atoms with Gasteiger partial charge in [-0.1, -0.05) is 40.0 Å². The third kappa shape index (κ3) is 3.74. The summed E-state index contributed by atoms with van der Waals surface area (Å²) >= 11 is 0. The molecular formula is C14H29NO. The smallest absolute Gasteiger partial charge is 0.0692 e. The summed E-state index contributed by atoms with van der Waals surface area (Å²) in [5, 5.41) is 10.1. The summed E-state index contributed by atoms with van der Waals surface area (Å²) in [4.78, 5) is 2.39. The lowest BCUT2D eigenvalue weighted by Crippen LogP contribution is -2.44. The van der Waals surface area contributed by atoms with Crippen LogP contribution in [0.15, 0.2) is 0 Å². The highest BCUT2D eigenvalue weighted by Gasteiger charge is 2.26. The van der Waals surface area contributed by atoms with E-state index in [1.807, 2.05) is 0 Å². The van der Waals surface area contributed by atoms with Crippen LogP contribution in [-0.2, 0) is 0 Å². The van der Waals surface area contributed by atoms with Crippen LogP contribution < -0.4 is 0 Å². The summed E-state index contributed by atoms with van der Waals surface area (Å²) in [6.07, 6.45) is 6.32. The molecule has 16 heavy (non-hydrogen) atoms. The summed E-state index contributed by atoms with van der Waals surface area (Å²) < 4.78 is 0. The molecule has 1 fully saturated rings. The average Bonchev–Trinajstić information content (AvgIpc) is 2.28. The lowest BCUT2D eigenvalue weighted by atomic mass is 9.85. The molecule has 0 spiro atoms. The Kier molecular flexibility index (Phi) is 5.77. The van der Waals surface area contributed by atoms with Crippen molar-refractivity contribution in [2.24, 2.45) is 11.8 Å². The number of hydrogen-bond acceptors (Lipinski definition) is 2. The fourth-order valence-corrected chi connectivity index (χ4v) is 2.83. The molecule has 0 radical (unpaired) electrons. The topological polar surface area (TPSA) is 23.5 Å². The highest BCUT2D eigenvalue weighted by atomic mass is 16.3. The third-order valence-corrected chi connectivity index (χ3v) is 4.41. The molecule has 0 saturated heterocycles. The first-order chi connectivity index (χ1) is 7.56. The maximum Gasteiger partial charge on any atom is 0.0692 e. The van der Waals surface area contributed by atoms with Gasteiger partial charge in [-0.3, -0.25) is 0 Å². The van der Waals surface area contributed by atoms with E-state index >= 15 is 0 Å². The van der Waals surface area contributed by atoms with E-state index in [9.17, 15) is 5.11 Å². The van der Waals surface area contributed by atoms with E-state index in [-0.39, 0.29) is 6.10 Å².